The largest absolute Gasteiger partial charge is 0.462 e. The highest BCUT2D eigenvalue weighted by Crippen LogP contribution is 2.26. The SMILES string of the molecule is CCOC(=O)c1ccc2ccc(Oc3ccnc(C(=O)NC)c3)cc2c1. The van der Waals surface area contributed by atoms with Crippen LogP contribution in [0, 0.1) is 0 Å². The van der Waals surface area contributed by atoms with Gasteiger partial charge in [0, 0.05) is 19.3 Å². The number of pyridine rings is 1. The third-order valence-corrected chi connectivity index (χ3v) is 3.75. The van der Waals surface area contributed by atoms with Crippen molar-refractivity contribution >= 4 is 22.6 Å². The number of nitrogens with one attached hydrogen (secondary N) is 1. The molecular weight excluding hydrogens is 332 g/mol. The van der Waals surface area contributed by atoms with Crippen LogP contribution in [0.1, 0.15) is 27.8 Å². The summed E-state index contributed by atoms with van der Waals surface area (Å²) in [5, 5.41) is 4.36. The molecule has 0 aliphatic heterocycles. The van der Waals surface area contributed by atoms with E-state index in [2.05, 4.69) is 10.3 Å². The second-order valence-electron chi connectivity index (χ2n) is 5.50. The Morgan fingerprint density at radius 2 is 1.77 bits per heavy atom. The Labute approximate surface area is 150 Å². The van der Waals surface area contributed by atoms with E-state index in [0.717, 1.165) is 10.8 Å². The third-order valence-electron chi connectivity index (χ3n) is 3.75. The molecule has 1 heterocycles. The fourth-order valence-electron chi connectivity index (χ4n) is 2.49. The minimum absolute atomic E-state index is 0.274. The molecule has 3 aromatic rings. The number of ether oxygens (including phenoxy) is 2. The maximum absolute atomic E-state index is 11.9. The molecule has 6 heteroatoms. The van der Waals surface area contributed by atoms with Crippen LogP contribution >= 0.6 is 0 Å². The van der Waals surface area contributed by atoms with Gasteiger partial charge in [0.25, 0.3) is 5.91 Å². The van der Waals surface area contributed by atoms with Crippen molar-refractivity contribution < 1.29 is 19.1 Å². The van der Waals surface area contributed by atoms with Gasteiger partial charge in [0.15, 0.2) is 0 Å². The van der Waals surface area contributed by atoms with Gasteiger partial charge in [0.05, 0.1) is 12.2 Å². The number of benzene rings is 2. The number of hydrogen-bond donors (Lipinski definition) is 1. The first kappa shape index (κ1) is 17.4. The molecule has 0 aliphatic carbocycles. The zero-order valence-corrected chi connectivity index (χ0v) is 14.5. The molecular formula is C20H18N2O4. The molecule has 0 aliphatic rings. The first-order valence-corrected chi connectivity index (χ1v) is 8.17. The van der Waals surface area contributed by atoms with E-state index in [1.807, 2.05) is 24.3 Å². The molecule has 0 spiro atoms. The van der Waals surface area contributed by atoms with Crippen LogP contribution in [-0.2, 0) is 4.74 Å². The predicted molar refractivity (Wildman–Crippen MR) is 97.6 cm³/mol. The lowest BCUT2D eigenvalue weighted by Gasteiger charge is -2.09. The molecule has 6 nitrogen and oxygen atoms in total. The molecule has 0 bridgehead atoms. The highest BCUT2D eigenvalue weighted by Gasteiger charge is 2.09. The van der Waals surface area contributed by atoms with E-state index < -0.39 is 0 Å². The molecule has 2 aromatic carbocycles. The van der Waals surface area contributed by atoms with Gasteiger partial charge in [-0.25, -0.2) is 4.79 Å². The monoisotopic (exact) mass is 350 g/mol. The molecule has 1 N–H and O–H groups in total. The van der Waals surface area contributed by atoms with Crippen LogP contribution < -0.4 is 10.1 Å². The van der Waals surface area contributed by atoms with Gasteiger partial charge >= 0.3 is 5.97 Å². The lowest BCUT2D eigenvalue weighted by molar-refractivity contribution is 0.0526. The number of nitrogens with zero attached hydrogens (tertiary/aromatic N) is 1. The van der Waals surface area contributed by atoms with Crippen LogP contribution in [0.15, 0.2) is 54.7 Å². The number of amides is 1. The molecule has 26 heavy (non-hydrogen) atoms. The van der Waals surface area contributed by atoms with Crippen LogP contribution in [0.3, 0.4) is 0 Å². The summed E-state index contributed by atoms with van der Waals surface area (Å²) in [5.74, 6) is 0.449. The minimum atomic E-state index is -0.356. The number of rotatable bonds is 5. The number of fused-ring (bicyclic) bond motifs is 1. The van der Waals surface area contributed by atoms with Crippen molar-refractivity contribution in [1.29, 1.82) is 0 Å². The van der Waals surface area contributed by atoms with Gasteiger partial charge in [0.1, 0.15) is 17.2 Å². The zero-order valence-electron chi connectivity index (χ0n) is 14.5. The number of carbonyl (C=O) groups is 2. The maximum Gasteiger partial charge on any atom is 0.338 e. The van der Waals surface area contributed by atoms with Crippen LogP contribution in [0.4, 0.5) is 0 Å². The van der Waals surface area contributed by atoms with E-state index in [4.69, 9.17) is 9.47 Å². The molecule has 3 rings (SSSR count). The van der Waals surface area contributed by atoms with E-state index in [-0.39, 0.29) is 17.6 Å². The Balaban J connectivity index is 1.88. The Kier molecular flexibility index (Phi) is 5.12. The van der Waals surface area contributed by atoms with E-state index >= 15 is 0 Å². The Morgan fingerprint density at radius 1 is 1.00 bits per heavy atom. The molecule has 0 saturated carbocycles. The zero-order chi connectivity index (χ0) is 18.5. The Bertz CT molecular complexity index is 969. The van der Waals surface area contributed by atoms with Gasteiger partial charge in [-0.1, -0.05) is 12.1 Å². The van der Waals surface area contributed by atoms with E-state index in [0.29, 0.717) is 23.7 Å². The fourth-order valence-corrected chi connectivity index (χ4v) is 2.49. The smallest absolute Gasteiger partial charge is 0.338 e. The third kappa shape index (κ3) is 3.80. The van der Waals surface area contributed by atoms with Crippen molar-refractivity contribution in [2.45, 2.75) is 6.92 Å². The summed E-state index contributed by atoms with van der Waals surface area (Å²) in [6, 6.07) is 14.2. The van der Waals surface area contributed by atoms with Gasteiger partial charge in [-0.3, -0.25) is 9.78 Å². The molecule has 0 unspecified atom stereocenters. The standard InChI is InChI=1S/C20H18N2O4/c1-3-25-20(24)14-5-4-13-6-7-16(11-15(13)10-14)26-17-8-9-22-18(12-17)19(23)21-2/h4-12H,3H2,1-2H3,(H,21,23). The summed E-state index contributed by atoms with van der Waals surface area (Å²) >= 11 is 0. The molecule has 0 radical (unpaired) electrons. The summed E-state index contributed by atoms with van der Waals surface area (Å²) in [6.07, 6.45) is 1.51. The van der Waals surface area contributed by atoms with Crippen LogP contribution in [0.25, 0.3) is 10.8 Å². The van der Waals surface area contributed by atoms with Crippen molar-refractivity contribution in [3.8, 4) is 11.5 Å². The normalized spacial score (nSPS) is 10.4. The molecule has 1 aromatic heterocycles. The summed E-state index contributed by atoms with van der Waals surface area (Å²) in [4.78, 5) is 27.6. The first-order valence-electron chi connectivity index (χ1n) is 8.17. The van der Waals surface area contributed by atoms with Gasteiger partial charge < -0.3 is 14.8 Å². The number of hydrogen-bond acceptors (Lipinski definition) is 5. The number of esters is 1. The average Bonchev–Trinajstić information content (AvgIpc) is 2.67. The highest BCUT2D eigenvalue weighted by molar-refractivity contribution is 5.96. The molecule has 1 amide bonds. The van der Waals surface area contributed by atoms with E-state index in [1.165, 1.54) is 6.20 Å². The highest BCUT2D eigenvalue weighted by atomic mass is 16.5. The number of carbonyl (C=O) groups excluding carboxylic acids is 2. The van der Waals surface area contributed by atoms with Crippen LogP contribution in [-0.4, -0.2) is 30.5 Å². The maximum atomic E-state index is 11.9. The Morgan fingerprint density at radius 3 is 2.54 bits per heavy atom. The molecule has 0 saturated heterocycles. The van der Waals surface area contributed by atoms with Gasteiger partial charge in [-0.05, 0) is 48.0 Å². The van der Waals surface area contributed by atoms with Crippen molar-refractivity contribution in [1.82, 2.24) is 10.3 Å². The summed E-state index contributed by atoms with van der Waals surface area (Å²) in [6.45, 7) is 2.10. The topological polar surface area (TPSA) is 77.5 Å². The molecule has 132 valence electrons. The van der Waals surface area contributed by atoms with Gasteiger partial charge in [-0.2, -0.15) is 0 Å². The fraction of sp³-hybridized carbons (Fsp3) is 0.150. The van der Waals surface area contributed by atoms with Crippen LogP contribution in [0.2, 0.25) is 0 Å². The summed E-state index contributed by atoms with van der Waals surface area (Å²) in [7, 11) is 1.54. The van der Waals surface area contributed by atoms with Crippen molar-refractivity contribution in [3.63, 3.8) is 0 Å². The van der Waals surface area contributed by atoms with Gasteiger partial charge in [-0.15, -0.1) is 0 Å². The van der Waals surface area contributed by atoms with Crippen molar-refractivity contribution in [2.24, 2.45) is 0 Å². The minimum Gasteiger partial charge on any atom is -0.462 e. The molecule has 0 fully saturated rings. The average molecular weight is 350 g/mol. The number of aromatic nitrogens is 1. The quantitative estimate of drug-likeness (QED) is 0.712. The van der Waals surface area contributed by atoms with Gasteiger partial charge in [0.2, 0.25) is 0 Å². The second kappa shape index (κ2) is 7.65. The van der Waals surface area contributed by atoms with E-state index in [1.54, 1.807) is 38.2 Å². The first-order chi connectivity index (χ1) is 12.6. The summed E-state index contributed by atoms with van der Waals surface area (Å²) < 4.78 is 10.9. The van der Waals surface area contributed by atoms with Crippen molar-refractivity contribution in [3.05, 3.63) is 66.0 Å². The Hall–Kier alpha value is -3.41. The van der Waals surface area contributed by atoms with Crippen LogP contribution in [0.5, 0.6) is 11.5 Å². The van der Waals surface area contributed by atoms with Crippen molar-refractivity contribution in [2.75, 3.05) is 13.7 Å². The molecule has 0 atom stereocenters. The second-order valence-corrected chi connectivity index (χ2v) is 5.50. The lowest BCUT2D eigenvalue weighted by atomic mass is 10.1. The predicted octanol–water partition coefficient (Wildman–Crippen LogP) is 3.56. The summed E-state index contributed by atoms with van der Waals surface area (Å²) in [5.41, 5.74) is 0.762. The van der Waals surface area contributed by atoms with E-state index in [9.17, 15) is 9.59 Å². The lowest BCUT2D eigenvalue weighted by Crippen LogP contribution is -2.18.